The van der Waals surface area contributed by atoms with Gasteiger partial charge in [-0.1, -0.05) is 17.7 Å². The molecular weight excluding hydrogens is 414 g/mol. The molecule has 0 aliphatic carbocycles. The number of halogens is 1. The van der Waals surface area contributed by atoms with E-state index >= 15 is 0 Å². The molecule has 0 unspecified atom stereocenters. The average molecular weight is 440 g/mol. The monoisotopic (exact) mass is 439 g/mol. The van der Waals surface area contributed by atoms with Crippen LogP contribution in [0, 0.1) is 6.92 Å². The number of anilines is 4. The van der Waals surface area contributed by atoms with Crippen LogP contribution in [-0.4, -0.2) is 53.1 Å². The SMILES string of the molecule is COc1ccc(N2CCN(Cc3nc(N)nc(Nc4cc(Cl)ccc4C)n3)CC2)cc1. The van der Waals surface area contributed by atoms with E-state index in [9.17, 15) is 0 Å². The Morgan fingerprint density at radius 3 is 2.48 bits per heavy atom. The maximum Gasteiger partial charge on any atom is 0.232 e. The Balaban J connectivity index is 1.39. The van der Waals surface area contributed by atoms with Crippen LogP contribution in [0.4, 0.5) is 23.3 Å². The molecule has 0 radical (unpaired) electrons. The lowest BCUT2D eigenvalue weighted by molar-refractivity contribution is 0.244. The number of nitrogens with zero attached hydrogens (tertiary/aromatic N) is 5. The molecule has 2 heterocycles. The summed E-state index contributed by atoms with van der Waals surface area (Å²) in [7, 11) is 1.68. The summed E-state index contributed by atoms with van der Waals surface area (Å²) >= 11 is 6.11. The second kappa shape index (κ2) is 9.36. The fraction of sp³-hybridized carbons (Fsp3) is 0.318. The summed E-state index contributed by atoms with van der Waals surface area (Å²) in [6, 6.07) is 13.8. The van der Waals surface area contributed by atoms with Gasteiger partial charge in [-0.15, -0.1) is 0 Å². The van der Waals surface area contributed by atoms with E-state index in [1.807, 2.05) is 37.3 Å². The van der Waals surface area contributed by atoms with Crippen LogP contribution in [0.25, 0.3) is 0 Å². The Morgan fingerprint density at radius 1 is 1.03 bits per heavy atom. The number of rotatable bonds is 6. The van der Waals surface area contributed by atoms with Crippen LogP contribution < -0.4 is 20.7 Å². The third-order valence-corrected chi connectivity index (χ3v) is 5.56. The van der Waals surface area contributed by atoms with Crippen molar-refractivity contribution in [3.05, 3.63) is 58.9 Å². The number of aryl methyl sites for hydroxylation is 1. The Bertz CT molecular complexity index is 1040. The zero-order valence-corrected chi connectivity index (χ0v) is 18.4. The molecule has 1 aliphatic rings. The van der Waals surface area contributed by atoms with E-state index in [4.69, 9.17) is 22.1 Å². The van der Waals surface area contributed by atoms with E-state index in [2.05, 4.69) is 42.2 Å². The van der Waals surface area contributed by atoms with Crippen molar-refractivity contribution in [2.24, 2.45) is 0 Å². The Kier molecular flexibility index (Phi) is 6.39. The summed E-state index contributed by atoms with van der Waals surface area (Å²) < 4.78 is 5.24. The number of methoxy groups -OCH3 is 1. The summed E-state index contributed by atoms with van der Waals surface area (Å²) in [5, 5.41) is 3.85. The van der Waals surface area contributed by atoms with Crippen LogP contribution in [0.1, 0.15) is 11.4 Å². The van der Waals surface area contributed by atoms with Crippen LogP contribution in [0.2, 0.25) is 5.02 Å². The summed E-state index contributed by atoms with van der Waals surface area (Å²) in [6.45, 7) is 6.29. The number of piperazine rings is 1. The van der Waals surface area contributed by atoms with Gasteiger partial charge in [-0.05, 0) is 48.9 Å². The highest BCUT2D eigenvalue weighted by Crippen LogP contribution is 2.23. The molecule has 0 amide bonds. The van der Waals surface area contributed by atoms with E-state index in [1.54, 1.807) is 7.11 Å². The first-order valence-corrected chi connectivity index (χ1v) is 10.5. The number of benzene rings is 2. The Hall–Kier alpha value is -3.10. The van der Waals surface area contributed by atoms with E-state index < -0.39 is 0 Å². The van der Waals surface area contributed by atoms with Crippen molar-refractivity contribution in [3.63, 3.8) is 0 Å². The van der Waals surface area contributed by atoms with Gasteiger partial charge >= 0.3 is 0 Å². The average Bonchev–Trinajstić information content (AvgIpc) is 2.76. The van der Waals surface area contributed by atoms with Crippen molar-refractivity contribution < 1.29 is 4.74 Å². The highest BCUT2D eigenvalue weighted by molar-refractivity contribution is 6.30. The molecule has 2 aromatic carbocycles. The van der Waals surface area contributed by atoms with Crippen LogP contribution in [0.5, 0.6) is 5.75 Å². The number of nitrogen functional groups attached to an aromatic ring is 1. The van der Waals surface area contributed by atoms with Crippen molar-refractivity contribution in [2.45, 2.75) is 13.5 Å². The van der Waals surface area contributed by atoms with Crippen molar-refractivity contribution in [3.8, 4) is 5.75 Å². The summed E-state index contributed by atoms with van der Waals surface area (Å²) in [5.74, 6) is 2.13. The fourth-order valence-corrected chi connectivity index (χ4v) is 3.74. The number of nitrogens with two attached hydrogens (primary N) is 1. The van der Waals surface area contributed by atoms with E-state index in [0.717, 1.165) is 43.2 Å². The van der Waals surface area contributed by atoms with Gasteiger partial charge in [-0.25, -0.2) is 0 Å². The minimum absolute atomic E-state index is 0.198. The minimum atomic E-state index is 0.198. The highest BCUT2D eigenvalue weighted by Gasteiger charge is 2.19. The van der Waals surface area contributed by atoms with Crippen molar-refractivity contribution in [1.29, 1.82) is 0 Å². The molecule has 3 N–H and O–H groups in total. The molecule has 9 heteroatoms. The van der Waals surface area contributed by atoms with Gasteiger partial charge in [-0.2, -0.15) is 15.0 Å². The molecular formula is C22H26ClN7O. The predicted molar refractivity (Wildman–Crippen MR) is 124 cm³/mol. The van der Waals surface area contributed by atoms with Crippen molar-refractivity contribution in [2.75, 3.05) is 49.2 Å². The lowest BCUT2D eigenvalue weighted by Crippen LogP contribution is -2.46. The normalized spacial score (nSPS) is 14.5. The Labute approximate surface area is 187 Å². The second-order valence-corrected chi connectivity index (χ2v) is 7.92. The number of hydrogen-bond donors (Lipinski definition) is 2. The van der Waals surface area contributed by atoms with E-state index in [0.29, 0.717) is 23.3 Å². The quantitative estimate of drug-likeness (QED) is 0.603. The van der Waals surface area contributed by atoms with Crippen LogP contribution >= 0.6 is 11.6 Å². The molecule has 8 nitrogen and oxygen atoms in total. The maximum atomic E-state index is 6.11. The molecule has 4 rings (SSSR count). The number of nitrogens with one attached hydrogen (secondary N) is 1. The standard InChI is InChI=1S/C22H26ClN7O/c1-15-3-4-16(23)13-19(15)25-22-27-20(26-21(24)28-22)14-29-9-11-30(12-10-29)17-5-7-18(31-2)8-6-17/h3-8,13H,9-12,14H2,1-2H3,(H3,24,25,26,27,28). The molecule has 31 heavy (non-hydrogen) atoms. The molecule has 1 saturated heterocycles. The van der Waals surface area contributed by atoms with Gasteiger partial charge in [0, 0.05) is 42.6 Å². The van der Waals surface area contributed by atoms with Crippen molar-refractivity contribution in [1.82, 2.24) is 19.9 Å². The molecule has 1 aromatic heterocycles. The zero-order valence-electron chi connectivity index (χ0n) is 17.7. The third kappa shape index (κ3) is 5.34. The minimum Gasteiger partial charge on any atom is -0.497 e. The predicted octanol–water partition coefficient (Wildman–Crippen LogP) is 3.49. The Morgan fingerprint density at radius 2 is 1.77 bits per heavy atom. The summed E-state index contributed by atoms with van der Waals surface area (Å²) in [4.78, 5) is 17.8. The first-order chi connectivity index (χ1) is 15.0. The summed E-state index contributed by atoms with van der Waals surface area (Å²) in [5.41, 5.74) is 9.03. The highest BCUT2D eigenvalue weighted by atomic mass is 35.5. The first-order valence-electron chi connectivity index (χ1n) is 10.1. The van der Waals surface area contributed by atoms with Crippen LogP contribution in [0.15, 0.2) is 42.5 Å². The van der Waals surface area contributed by atoms with Crippen molar-refractivity contribution >= 4 is 34.9 Å². The van der Waals surface area contributed by atoms with Gasteiger partial charge in [0.25, 0.3) is 0 Å². The van der Waals surface area contributed by atoms with Gasteiger partial charge < -0.3 is 20.7 Å². The molecule has 0 spiro atoms. The zero-order chi connectivity index (χ0) is 21.8. The molecule has 0 saturated carbocycles. The van der Waals surface area contributed by atoms with Crippen LogP contribution in [0.3, 0.4) is 0 Å². The van der Waals surface area contributed by atoms with E-state index in [1.165, 1.54) is 5.69 Å². The van der Waals surface area contributed by atoms with Gasteiger partial charge in [0.1, 0.15) is 11.6 Å². The fourth-order valence-electron chi connectivity index (χ4n) is 3.57. The lowest BCUT2D eigenvalue weighted by Gasteiger charge is -2.35. The molecule has 0 bridgehead atoms. The molecule has 1 fully saturated rings. The topological polar surface area (TPSA) is 92.4 Å². The molecule has 162 valence electrons. The van der Waals surface area contributed by atoms with Gasteiger partial charge in [0.2, 0.25) is 11.9 Å². The van der Waals surface area contributed by atoms with Gasteiger partial charge in [-0.3, -0.25) is 4.90 Å². The smallest absolute Gasteiger partial charge is 0.232 e. The largest absolute Gasteiger partial charge is 0.497 e. The number of aromatic nitrogens is 3. The van der Waals surface area contributed by atoms with Gasteiger partial charge in [0.05, 0.1) is 13.7 Å². The molecule has 0 atom stereocenters. The molecule has 1 aliphatic heterocycles. The van der Waals surface area contributed by atoms with Crippen LogP contribution in [-0.2, 0) is 6.54 Å². The van der Waals surface area contributed by atoms with E-state index in [-0.39, 0.29) is 5.95 Å². The lowest BCUT2D eigenvalue weighted by atomic mass is 10.2. The number of ether oxygens (including phenoxy) is 1. The first kappa shape index (κ1) is 21.1. The number of hydrogen-bond acceptors (Lipinski definition) is 8. The van der Waals surface area contributed by atoms with Gasteiger partial charge in [0.15, 0.2) is 0 Å². The third-order valence-electron chi connectivity index (χ3n) is 5.32. The maximum absolute atomic E-state index is 6.11. The summed E-state index contributed by atoms with van der Waals surface area (Å²) in [6.07, 6.45) is 0. The second-order valence-electron chi connectivity index (χ2n) is 7.48. The molecule has 3 aromatic rings.